The summed E-state index contributed by atoms with van der Waals surface area (Å²) in [7, 11) is -2.87. The molecule has 0 bridgehead atoms. The molecule has 2 aliphatic rings. The van der Waals surface area contributed by atoms with E-state index in [9.17, 15) is 14.7 Å². The maximum atomic E-state index is 12.5. The van der Waals surface area contributed by atoms with E-state index in [1.54, 1.807) is 6.66 Å². The first-order valence-electron chi connectivity index (χ1n) is 5.96. The van der Waals surface area contributed by atoms with Crippen molar-refractivity contribution in [2.45, 2.75) is 12.8 Å². The van der Waals surface area contributed by atoms with E-state index in [4.69, 9.17) is 4.52 Å². The third-order valence-electron chi connectivity index (χ3n) is 3.30. The molecule has 0 saturated carbocycles. The highest BCUT2D eigenvalue weighted by Crippen LogP contribution is 2.62. The van der Waals surface area contributed by atoms with Crippen LogP contribution in [0, 0.1) is 10.1 Å². The average molecular weight is 277 g/mol. The summed E-state index contributed by atoms with van der Waals surface area (Å²) in [5, 5.41) is 11.5. The second-order valence-electron chi connectivity index (χ2n) is 4.66. The van der Waals surface area contributed by atoms with Gasteiger partial charge < -0.3 is 4.52 Å². The Bertz CT molecular complexity index is 690. The fourth-order valence-electron chi connectivity index (χ4n) is 2.45. The highest BCUT2D eigenvalue weighted by molar-refractivity contribution is 7.64. The van der Waals surface area contributed by atoms with Gasteiger partial charge in [-0.05, 0) is 24.5 Å². The van der Waals surface area contributed by atoms with Crippen molar-refractivity contribution in [3.05, 3.63) is 51.3 Å². The van der Waals surface area contributed by atoms with E-state index >= 15 is 0 Å². The van der Waals surface area contributed by atoms with Crippen molar-refractivity contribution in [3.63, 3.8) is 0 Å². The summed E-state index contributed by atoms with van der Waals surface area (Å²) in [6, 6.07) is 4.38. The van der Waals surface area contributed by atoms with Gasteiger partial charge in [-0.2, -0.15) is 0 Å². The molecular weight excluding hydrogens is 265 g/mol. The third kappa shape index (κ3) is 1.90. The SMILES string of the molecule is CP1(=O)Oc2ccc([N+](=O)[O-])cc2C2=CCCC=C21. The number of benzene rings is 1. The number of rotatable bonds is 1. The Morgan fingerprint density at radius 1 is 1.32 bits per heavy atom. The van der Waals surface area contributed by atoms with E-state index in [1.807, 2.05) is 12.2 Å². The molecule has 0 amide bonds. The van der Waals surface area contributed by atoms with Crippen molar-refractivity contribution in [1.29, 1.82) is 0 Å². The zero-order valence-electron chi connectivity index (χ0n) is 10.3. The Balaban J connectivity index is 2.23. The molecule has 1 aromatic carbocycles. The van der Waals surface area contributed by atoms with Gasteiger partial charge in [-0.25, -0.2) is 0 Å². The van der Waals surface area contributed by atoms with Crippen LogP contribution in [0.3, 0.4) is 0 Å². The Labute approximate surface area is 110 Å². The van der Waals surface area contributed by atoms with Gasteiger partial charge in [0.2, 0.25) is 0 Å². The van der Waals surface area contributed by atoms with Gasteiger partial charge in [0.05, 0.1) is 10.2 Å². The summed E-state index contributed by atoms with van der Waals surface area (Å²) >= 11 is 0. The van der Waals surface area contributed by atoms with Crippen LogP contribution in [0.15, 0.2) is 35.7 Å². The second kappa shape index (κ2) is 4.07. The van der Waals surface area contributed by atoms with Crippen molar-refractivity contribution in [2.75, 3.05) is 6.66 Å². The van der Waals surface area contributed by atoms with Crippen LogP contribution in [-0.4, -0.2) is 11.6 Å². The Morgan fingerprint density at radius 2 is 2.05 bits per heavy atom. The smallest absolute Gasteiger partial charge is 0.274 e. The standard InChI is InChI=1S/C13H12NO4P/c1-19(17)13-5-3-2-4-10(13)11-8-9(14(15)16)6-7-12(11)18-19/h4-8H,2-3H2,1H3. The zero-order valence-corrected chi connectivity index (χ0v) is 11.2. The van der Waals surface area contributed by atoms with E-state index in [-0.39, 0.29) is 5.69 Å². The first kappa shape index (κ1) is 12.2. The summed E-state index contributed by atoms with van der Waals surface area (Å²) in [4.78, 5) is 10.4. The predicted octanol–water partition coefficient (Wildman–Crippen LogP) is 3.96. The molecule has 0 fully saturated rings. The Hall–Kier alpha value is -1.87. The average Bonchev–Trinajstić information content (AvgIpc) is 2.38. The number of hydrogen-bond acceptors (Lipinski definition) is 4. The van der Waals surface area contributed by atoms with Crippen LogP contribution in [0.2, 0.25) is 0 Å². The van der Waals surface area contributed by atoms with E-state index in [0.717, 1.165) is 18.4 Å². The van der Waals surface area contributed by atoms with Crippen LogP contribution in [0.1, 0.15) is 18.4 Å². The second-order valence-corrected chi connectivity index (χ2v) is 7.02. The molecule has 1 unspecified atom stereocenters. The van der Waals surface area contributed by atoms with Gasteiger partial charge >= 0.3 is 0 Å². The molecule has 0 N–H and O–H groups in total. The number of nitrogens with zero attached hydrogens (tertiary/aromatic N) is 1. The molecule has 19 heavy (non-hydrogen) atoms. The van der Waals surface area contributed by atoms with Crippen molar-refractivity contribution in [1.82, 2.24) is 0 Å². The Morgan fingerprint density at radius 3 is 2.79 bits per heavy atom. The molecule has 0 radical (unpaired) electrons. The Kier molecular flexibility index (Phi) is 2.61. The molecule has 5 nitrogen and oxygen atoms in total. The van der Waals surface area contributed by atoms with Gasteiger partial charge in [0.15, 0.2) is 0 Å². The molecule has 1 aromatic rings. The minimum absolute atomic E-state index is 0.0148. The van der Waals surface area contributed by atoms with Crippen LogP contribution in [0.25, 0.3) is 5.57 Å². The van der Waals surface area contributed by atoms with Gasteiger partial charge in [-0.15, -0.1) is 0 Å². The highest BCUT2D eigenvalue weighted by atomic mass is 31.2. The van der Waals surface area contributed by atoms with E-state index in [1.165, 1.54) is 18.2 Å². The number of nitro benzene ring substituents is 1. The normalized spacial score (nSPS) is 24.5. The number of hydrogen-bond donors (Lipinski definition) is 0. The monoisotopic (exact) mass is 277 g/mol. The van der Waals surface area contributed by atoms with Crippen LogP contribution in [-0.2, 0) is 4.57 Å². The first-order chi connectivity index (χ1) is 8.99. The lowest BCUT2D eigenvalue weighted by molar-refractivity contribution is -0.384. The van der Waals surface area contributed by atoms with Crippen molar-refractivity contribution < 1.29 is 14.0 Å². The largest absolute Gasteiger partial charge is 0.439 e. The summed E-state index contributed by atoms with van der Waals surface area (Å²) in [6.45, 7) is 1.59. The topological polar surface area (TPSA) is 69.4 Å². The summed E-state index contributed by atoms with van der Waals surface area (Å²) in [6.07, 6.45) is 5.57. The number of fused-ring (bicyclic) bond motifs is 3. The highest BCUT2D eigenvalue weighted by Gasteiger charge is 2.35. The minimum Gasteiger partial charge on any atom is -0.439 e. The van der Waals surface area contributed by atoms with Crippen molar-refractivity contribution >= 4 is 18.6 Å². The molecule has 3 rings (SSSR count). The molecule has 1 heterocycles. The lowest BCUT2D eigenvalue weighted by Gasteiger charge is -2.29. The van der Waals surface area contributed by atoms with E-state index < -0.39 is 12.3 Å². The predicted molar refractivity (Wildman–Crippen MR) is 72.5 cm³/mol. The van der Waals surface area contributed by atoms with Crippen LogP contribution in [0.5, 0.6) is 5.75 Å². The fraction of sp³-hybridized carbons (Fsp3) is 0.231. The number of allylic oxidation sites excluding steroid dienone is 4. The summed E-state index contributed by atoms with van der Waals surface area (Å²) in [5.74, 6) is 0.460. The van der Waals surface area contributed by atoms with Crippen LogP contribution < -0.4 is 4.52 Å². The van der Waals surface area contributed by atoms with Crippen molar-refractivity contribution in [3.8, 4) is 5.75 Å². The van der Waals surface area contributed by atoms with Crippen molar-refractivity contribution in [2.24, 2.45) is 0 Å². The molecule has 1 aliphatic carbocycles. The van der Waals surface area contributed by atoms with Gasteiger partial charge in [0.25, 0.3) is 13.1 Å². The molecule has 6 heteroatoms. The number of non-ortho nitro benzene ring substituents is 1. The van der Waals surface area contributed by atoms with E-state index in [0.29, 0.717) is 16.6 Å². The lowest BCUT2D eigenvalue weighted by Crippen LogP contribution is -2.08. The molecule has 98 valence electrons. The first-order valence-corrected chi connectivity index (χ1v) is 8.03. The quantitative estimate of drug-likeness (QED) is 0.442. The molecule has 0 aromatic heterocycles. The maximum absolute atomic E-state index is 12.5. The van der Waals surface area contributed by atoms with Gasteiger partial charge in [-0.1, -0.05) is 12.2 Å². The lowest BCUT2D eigenvalue weighted by atomic mass is 9.98. The fourth-order valence-corrected chi connectivity index (χ4v) is 4.20. The summed E-state index contributed by atoms with van der Waals surface area (Å²) < 4.78 is 18.1. The minimum atomic E-state index is -2.87. The maximum Gasteiger partial charge on any atom is 0.274 e. The number of nitro groups is 1. The molecular formula is C13H12NO4P. The zero-order chi connectivity index (χ0) is 13.6. The molecule has 0 saturated heterocycles. The molecule has 0 spiro atoms. The molecule has 1 atom stereocenters. The summed E-state index contributed by atoms with van der Waals surface area (Å²) in [5.41, 5.74) is 1.50. The van der Waals surface area contributed by atoms with Crippen LogP contribution >= 0.6 is 7.37 Å². The van der Waals surface area contributed by atoms with Crippen LogP contribution in [0.4, 0.5) is 5.69 Å². The van der Waals surface area contributed by atoms with Gasteiger partial charge in [0, 0.05) is 24.4 Å². The molecule has 1 aliphatic heterocycles. The third-order valence-corrected chi connectivity index (χ3v) is 5.15. The van der Waals surface area contributed by atoms with Gasteiger partial charge in [-0.3, -0.25) is 14.7 Å². The van der Waals surface area contributed by atoms with E-state index in [2.05, 4.69) is 0 Å². The van der Waals surface area contributed by atoms with Gasteiger partial charge in [0.1, 0.15) is 5.75 Å².